The van der Waals surface area contributed by atoms with Gasteiger partial charge in [0.05, 0.1) is 0 Å². The Morgan fingerprint density at radius 2 is 1.67 bits per heavy atom. The second kappa shape index (κ2) is 10.6. The Morgan fingerprint density at radius 3 is 2.24 bits per heavy atom. The van der Waals surface area contributed by atoms with Crippen molar-refractivity contribution in [2.75, 3.05) is 24.5 Å². The van der Waals surface area contributed by atoms with Crippen molar-refractivity contribution >= 4 is 5.69 Å². The molecule has 1 rings (SSSR count). The van der Waals surface area contributed by atoms with Crippen molar-refractivity contribution in [1.29, 1.82) is 0 Å². The van der Waals surface area contributed by atoms with E-state index in [4.69, 9.17) is 0 Å². The van der Waals surface area contributed by atoms with Gasteiger partial charge in [0.25, 0.3) is 0 Å². The van der Waals surface area contributed by atoms with E-state index in [9.17, 15) is 4.39 Å². The van der Waals surface area contributed by atoms with E-state index >= 15 is 0 Å². The molecule has 0 aliphatic rings. The topological polar surface area (TPSA) is 15.3 Å². The van der Waals surface area contributed by atoms with Crippen LogP contribution in [0, 0.1) is 5.82 Å². The maximum Gasteiger partial charge on any atom is 0.123 e. The minimum Gasteiger partial charge on any atom is -0.371 e. The molecule has 1 aromatic carbocycles. The van der Waals surface area contributed by atoms with E-state index in [0.717, 1.165) is 38.2 Å². The Balaban J connectivity index is 2.87. The number of unbranched alkanes of at least 4 members (excludes halogenated alkanes) is 2. The summed E-state index contributed by atoms with van der Waals surface area (Å²) in [6.07, 6.45) is 5.84. The van der Waals surface area contributed by atoms with Crippen LogP contribution in [0.4, 0.5) is 10.1 Å². The van der Waals surface area contributed by atoms with Crippen LogP contribution in [0.2, 0.25) is 0 Å². The number of halogens is 1. The number of nitrogens with one attached hydrogen (secondary N) is 1. The fourth-order valence-corrected chi connectivity index (χ4v) is 2.45. The maximum atomic E-state index is 13.6. The van der Waals surface area contributed by atoms with E-state index in [-0.39, 0.29) is 5.82 Å². The highest BCUT2D eigenvalue weighted by Gasteiger charge is 2.11. The quantitative estimate of drug-likeness (QED) is 0.593. The Bertz CT molecular complexity index is 385. The van der Waals surface area contributed by atoms with Gasteiger partial charge in [-0.15, -0.1) is 0 Å². The van der Waals surface area contributed by atoms with Gasteiger partial charge in [-0.3, -0.25) is 0 Å². The fraction of sp³-hybridized carbons (Fsp3) is 0.667. The molecule has 0 heterocycles. The van der Waals surface area contributed by atoms with Crippen LogP contribution in [0.1, 0.15) is 58.4 Å². The number of hydrogen-bond acceptors (Lipinski definition) is 2. The summed E-state index contributed by atoms with van der Waals surface area (Å²) < 4.78 is 13.6. The molecule has 0 atom stereocenters. The first-order valence-electron chi connectivity index (χ1n) is 8.47. The van der Waals surface area contributed by atoms with E-state index in [2.05, 4.69) is 31.0 Å². The maximum absolute atomic E-state index is 13.6. The summed E-state index contributed by atoms with van der Waals surface area (Å²) in [5.41, 5.74) is 2.28. The third kappa shape index (κ3) is 6.47. The molecule has 0 amide bonds. The summed E-state index contributed by atoms with van der Waals surface area (Å²) in [4.78, 5) is 2.43. The number of hydrogen-bond donors (Lipinski definition) is 1. The molecule has 0 aliphatic heterocycles. The van der Waals surface area contributed by atoms with Crippen LogP contribution in [0.5, 0.6) is 0 Å². The second-order valence-corrected chi connectivity index (χ2v) is 5.64. The number of anilines is 1. The number of benzene rings is 1. The molecule has 0 bridgehead atoms. The van der Waals surface area contributed by atoms with E-state index in [0.29, 0.717) is 0 Å². The van der Waals surface area contributed by atoms with Crippen molar-refractivity contribution in [1.82, 2.24) is 5.32 Å². The first-order valence-corrected chi connectivity index (χ1v) is 8.47. The van der Waals surface area contributed by atoms with E-state index < -0.39 is 0 Å². The summed E-state index contributed by atoms with van der Waals surface area (Å²) in [5, 5.41) is 3.39. The smallest absolute Gasteiger partial charge is 0.123 e. The van der Waals surface area contributed by atoms with E-state index in [1.165, 1.54) is 31.4 Å². The molecule has 120 valence electrons. The molecule has 0 spiro atoms. The molecule has 0 unspecified atom stereocenters. The lowest BCUT2D eigenvalue weighted by atomic mass is 10.1. The first-order chi connectivity index (χ1) is 10.2. The minimum atomic E-state index is -0.141. The Kier molecular flexibility index (Phi) is 9.07. The zero-order valence-corrected chi connectivity index (χ0v) is 13.9. The summed E-state index contributed by atoms with van der Waals surface area (Å²) in [6, 6.07) is 5.22. The molecule has 0 saturated carbocycles. The third-order valence-corrected chi connectivity index (χ3v) is 3.69. The number of rotatable bonds is 11. The zero-order chi connectivity index (χ0) is 15.5. The van der Waals surface area contributed by atoms with Crippen LogP contribution in [0.15, 0.2) is 18.2 Å². The first kappa shape index (κ1) is 18.0. The van der Waals surface area contributed by atoms with Crippen LogP contribution in [-0.2, 0) is 6.54 Å². The lowest BCUT2D eigenvalue weighted by Crippen LogP contribution is -2.28. The lowest BCUT2D eigenvalue weighted by Gasteiger charge is -2.27. The molecular formula is C18H31FN2. The highest BCUT2D eigenvalue weighted by molar-refractivity contribution is 5.54. The number of nitrogens with zero attached hydrogens (tertiary/aromatic N) is 1. The van der Waals surface area contributed by atoms with Crippen molar-refractivity contribution in [3.8, 4) is 0 Å². The molecular weight excluding hydrogens is 263 g/mol. The molecule has 3 heteroatoms. The standard InChI is InChI=1S/C18H31FN2/c1-4-7-12-21(13-8-5-2)18-10-9-17(19)14-16(18)15-20-11-6-3/h9-10,14,20H,4-8,11-13,15H2,1-3H3. The molecule has 2 nitrogen and oxygen atoms in total. The molecule has 1 aromatic rings. The summed E-state index contributed by atoms with van der Waals surface area (Å²) in [6.45, 7) is 10.4. The predicted octanol–water partition coefficient (Wildman–Crippen LogP) is 4.73. The molecule has 0 aromatic heterocycles. The van der Waals surface area contributed by atoms with Crippen LogP contribution in [0.25, 0.3) is 0 Å². The van der Waals surface area contributed by atoms with Gasteiger partial charge in [0.1, 0.15) is 5.82 Å². The molecule has 0 fully saturated rings. The van der Waals surface area contributed by atoms with Gasteiger partial charge in [0, 0.05) is 25.3 Å². The molecule has 0 radical (unpaired) electrons. The summed E-state index contributed by atoms with van der Waals surface area (Å²) in [5.74, 6) is -0.141. The Morgan fingerprint density at radius 1 is 1.00 bits per heavy atom. The van der Waals surface area contributed by atoms with Crippen molar-refractivity contribution in [3.63, 3.8) is 0 Å². The predicted molar refractivity (Wildman–Crippen MR) is 90.4 cm³/mol. The largest absolute Gasteiger partial charge is 0.371 e. The van der Waals surface area contributed by atoms with Gasteiger partial charge >= 0.3 is 0 Å². The fourth-order valence-electron chi connectivity index (χ4n) is 2.45. The molecule has 21 heavy (non-hydrogen) atoms. The average molecular weight is 294 g/mol. The van der Waals surface area contributed by atoms with Gasteiger partial charge in [0.2, 0.25) is 0 Å². The van der Waals surface area contributed by atoms with Crippen molar-refractivity contribution in [3.05, 3.63) is 29.6 Å². The van der Waals surface area contributed by atoms with Gasteiger partial charge in [0.15, 0.2) is 0 Å². The molecule has 0 saturated heterocycles. The highest BCUT2D eigenvalue weighted by Crippen LogP contribution is 2.23. The van der Waals surface area contributed by atoms with Gasteiger partial charge in [-0.1, -0.05) is 33.6 Å². The highest BCUT2D eigenvalue weighted by atomic mass is 19.1. The van der Waals surface area contributed by atoms with Crippen LogP contribution in [0.3, 0.4) is 0 Å². The second-order valence-electron chi connectivity index (χ2n) is 5.64. The average Bonchev–Trinajstić information content (AvgIpc) is 2.49. The van der Waals surface area contributed by atoms with Crippen molar-refractivity contribution in [2.24, 2.45) is 0 Å². The minimum absolute atomic E-state index is 0.141. The van der Waals surface area contributed by atoms with Crippen LogP contribution < -0.4 is 10.2 Å². The van der Waals surface area contributed by atoms with Gasteiger partial charge < -0.3 is 10.2 Å². The normalized spacial score (nSPS) is 10.9. The summed E-state index contributed by atoms with van der Waals surface area (Å²) in [7, 11) is 0. The van der Waals surface area contributed by atoms with E-state index in [1.54, 1.807) is 12.1 Å². The third-order valence-electron chi connectivity index (χ3n) is 3.69. The Labute approximate surface area is 129 Å². The molecule has 1 N–H and O–H groups in total. The Hall–Kier alpha value is -1.09. The lowest BCUT2D eigenvalue weighted by molar-refractivity contribution is 0.615. The zero-order valence-electron chi connectivity index (χ0n) is 13.9. The van der Waals surface area contributed by atoms with E-state index in [1.807, 2.05) is 6.07 Å². The van der Waals surface area contributed by atoms with Gasteiger partial charge in [-0.2, -0.15) is 0 Å². The summed E-state index contributed by atoms with van der Waals surface area (Å²) >= 11 is 0. The SMILES string of the molecule is CCCCN(CCCC)c1ccc(F)cc1CNCCC. The van der Waals surface area contributed by atoms with Gasteiger partial charge in [-0.05, 0) is 49.6 Å². The van der Waals surface area contributed by atoms with Gasteiger partial charge in [-0.25, -0.2) is 4.39 Å². The van der Waals surface area contributed by atoms with Crippen molar-refractivity contribution < 1.29 is 4.39 Å². The van der Waals surface area contributed by atoms with Crippen molar-refractivity contribution in [2.45, 2.75) is 59.4 Å². The van der Waals surface area contributed by atoms with Crippen LogP contribution in [-0.4, -0.2) is 19.6 Å². The molecule has 0 aliphatic carbocycles. The van der Waals surface area contributed by atoms with Crippen LogP contribution >= 0.6 is 0 Å². The monoisotopic (exact) mass is 294 g/mol.